The molecule has 1 atom stereocenters. The molecule has 0 aromatic heterocycles. The normalized spacial score (nSPS) is 15.4. The van der Waals surface area contributed by atoms with E-state index in [0.29, 0.717) is 44.0 Å². The third-order valence-electron chi connectivity index (χ3n) is 8.02. The number of nitriles is 1. The number of rotatable bonds is 19. The number of thioether (sulfide) groups is 1. The number of para-hydroxylation sites is 1. The number of hydrogen-bond acceptors (Lipinski definition) is 8. The van der Waals surface area contributed by atoms with Crippen molar-refractivity contribution < 1.29 is 14.4 Å². The molecule has 1 aliphatic heterocycles. The van der Waals surface area contributed by atoms with Crippen molar-refractivity contribution in [3.05, 3.63) is 70.8 Å². The van der Waals surface area contributed by atoms with Crippen LogP contribution in [0.15, 0.2) is 65.2 Å². The van der Waals surface area contributed by atoms with Gasteiger partial charge in [-0.1, -0.05) is 55.9 Å². The fourth-order valence-corrected chi connectivity index (χ4v) is 6.46. The van der Waals surface area contributed by atoms with E-state index >= 15 is 0 Å². The van der Waals surface area contributed by atoms with E-state index in [4.69, 9.17) is 0 Å². The Morgan fingerprint density at radius 2 is 1.67 bits per heavy atom. The van der Waals surface area contributed by atoms with Crippen molar-refractivity contribution >= 4 is 40.9 Å². The van der Waals surface area contributed by atoms with Gasteiger partial charge in [-0.15, -0.1) is 0 Å². The van der Waals surface area contributed by atoms with E-state index in [9.17, 15) is 19.6 Å². The predicted molar refractivity (Wildman–Crippen MR) is 187 cm³/mol. The van der Waals surface area contributed by atoms with Crippen molar-refractivity contribution in [1.82, 2.24) is 20.4 Å². The van der Waals surface area contributed by atoms with E-state index in [1.807, 2.05) is 74.6 Å². The van der Waals surface area contributed by atoms with Crippen molar-refractivity contribution in [1.29, 1.82) is 5.26 Å². The predicted octanol–water partition coefficient (Wildman–Crippen LogP) is 4.22. The molecular weight excluding hydrogens is 598 g/mol. The number of anilines is 2. The smallest absolute Gasteiger partial charge is 0.264 e. The van der Waals surface area contributed by atoms with E-state index in [1.54, 1.807) is 0 Å². The van der Waals surface area contributed by atoms with Crippen LogP contribution in [0.25, 0.3) is 0 Å². The highest BCUT2D eigenvalue weighted by atomic mass is 32.2. The van der Waals surface area contributed by atoms with E-state index in [0.717, 1.165) is 56.0 Å². The molecule has 2 aromatic rings. The highest BCUT2D eigenvalue weighted by Gasteiger charge is 2.38. The number of benzene rings is 2. The van der Waals surface area contributed by atoms with Crippen LogP contribution >= 0.6 is 11.8 Å². The number of carbonyl (C=O) groups is 3. The minimum absolute atomic E-state index is 0.0268. The number of likely N-dealkylation sites (N-methyl/N-ethyl adjacent to an activating group) is 1. The first-order valence-electron chi connectivity index (χ1n) is 16.3. The molecule has 0 spiro atoms. The molecule has 3 amide bonds. The van der Waals surface area contributed by atoms with Gasteiger partial charge in [0.1, 0.15) is 21.9 Å². The average Bonchev–Trinajstić information content (AvgIpc) is 3.39. The molecule has 0 radical (unpaired) electrons. The number of aryl methyl sites for hydroxylation is 1. The highest BCUT2D eigenvalue weighted by Crippen LogP contribution is 2.37. The third-order valence-corrected chi connectivity index (χ3v) is 9.32. The Hall–Kier alpha value is -4.01. The van der Waals surface area contributed by atoms with Crippen LogP contribution in [0.1, 0.15) is 45.6 Å². The Kier molecular flexibility index (Phi) is 15.4. The fourth-order valence-electron chi connectivity index (χ4n) is 5.19. The lowest BCUT2D eigenvalue weighted by atomic mass is 10.1. The largest absolute Gasteiger partial charge is 0.383 e. The van der Waals surface area contributed by atoms with Gasteiger partial charge < -0.3 is 30.7 Å². The molecule has 2 aromatic carbocycles. The Labute approximate surface area is 278 Å². The van der Waals surface area contributed by atoms with Crippen LogP contribution in [0.3, 0.4) is 0 Å². The number of hydrogen-bond donors (Lipinski definition) is 3. The maximum atomic E-state index is 13.2. The van der Waals surface area contributed by atoms with E-state index in [1.165, 1.54) is 16.7 Å². The number of nitrogens with one attached hydrogen (secondary N) is 3. The van der Waals surface area contributed by atoms with Gasteiger partial charge in [0.15, 0.2) is 0 Å². The van der Waals surface area contributed by atoms with Crippen LogP contribution in [-0.2, 0) is 20.8 Å². The summed E-state index contributed by atoms with van der Waals surface area (Å²) >= 11 is 1.26. The number of carbonyl (C=O) groups excluding carboxylic acids is 3. The van der Waals surface area contributed by atoms with Crippen LogP contribution < -0.4 is 20.9 Å². The van der Waals surface area contributed by atoms with Gasteiger partial charge in [0.2, 0.25) is 11.8 Å². The van der Waals surface area contributed by atoms with E-state index < -0.39 is 11.2 Å². The molecule has 11 heteroatoms. The minimum atomic E-state index is -0.458. The molecule has 1 heterocycles. The summed E-state index contributed by atoms with van der Waals surface area (Å²) in [6.07, 6.45) is 2.80. The zero-order valence-electron chi connectivity index (χ0n) is 27.7. The van der Waals surface area contributed by atoms with Gasteiger partial charge in [-0.25, -0.2) is 0 Å². The molecule has 1 aliphatic rings. The quantitative estimate of drug-likeness (QED) is 0.118. The second-order valence-corrected chi connectivity index (χ2v) is 12.3. The maximum Gasteiger partial charge on any atom is 0.264 e. The number of amides is 3. The van der Waals surface area contributed by atoms with Crippen LogP contribution in [0.4, 0.5) is 11.4 Å². The summed E-state index contributed by atoms with van der Waals surface area (Å²) in [6.45, 7) is 11.5. The van der Waals surface area contributed by atoms with Crippen LogP contribution in [0.5, 0.6) is 0 Å². The average molecular weight is 648 g/mol. The number of nitrogens with zero attached hydrogens (tertiary/aromatic N) is 4. The molecule has 3 N–H and O–H groups in total. The monoisotopic (exact) mass is 647 g/mol. The molecule has 1 saturated heterocycles. The summed E-state index contributed by atoms with van der Waals surface area (Å²) < 4.78 is 0. The molecule has 3 rings (SSSR count). The lowest BCUT2D eigenvalue weighted by Gasteiger charge is -2.19. The Morgan fingerprint density at radius 1 is 0.957 bits per heavy atom. The summed E-state index contributed by atoms with van der Waals surface area (Å²) in [5, 5.41) is 19.0. The lowest BCUT2D eigenvalue weighted by molar-refractivity contribution is -0.127. The first kappa shape index (κ1) is 36.5. The summed E-state index contributed by atoms with van der Waals surface area (Å²) in [5.41, 5.74) is 3.10. The maximum absolute atomic E-state index is 13.2. The third kappa shape index (κ3) is 11.1. The molecule has 0 bridgehead atoms. The zero-order chi connectivity index (χ0) is 33.3. The van der Waals surface area contributed by atoms with Crippen LogP contribution in [-0.4, -0.2) is 92.2 Å². The van der Waals surface area contributed by atoms with Crippen LogP contribution in [0.2, 0.25) is 0 Å². The second kappa shape index (κ2) is 19.5. The van der Waals surface area contributed by atoms with Gasteiger partial charge in [0.25, 0.3) is 5.91 Å². The highest BCUT2D eigenvalue weighted by molar-refractivity contribution is 8.04. The Balaban J connectivity index is 1.45. The van der Waals surface area contributed by atoms with Crippen molar-refractivity contribution in [3.63, 3.8) is 0 Å². The molecule has 10 nitrogen and oxygen atoms in total. The van der Waals surface area contributed by atoms with Crippen molar-refractivity contribution in [2.45, 2.75) is 51.7 Å². The van der Waals surface area contributed by atoms with Crippen LogP contribution in [0, 0.1) is 11.3 Å². The molecule has 46 heavy (non-hydrogen) atoms. The summed E-state index contributed by atoms with van der Waals surface area (Å²) in [6, 6.07) is 20.1. The van der Waals surface area contributed by atoms with Gasteiger partial charge in [-0.2, -0.15) is 5.26 Å². The molecular formula is C35H49N7O3S. The first-order chi connectivity index (χ1) is 22.3. The Morgan fingerprint density at radius 3 is 2.33 bits per heavy atom. The van der Waals surface area contributed by atoms with Gasteiger partial charge in [-0.3, -0.25) is 14.4 Å². The second-order valence-electron chi connectivity index (χ2n) is 11.2. The lowest BCUT2D eigenvalue weighted by Crippen LogP contribution is -2.34. The standard InChI is InChI=1S/C35H49N7O3S/c1-5-41(6-2)24-22-37-32(43)16-11-13-27-17-19-28(20-18-27)39-26-31-34(45)42(7-3)35(46-31)30(25-36)33(44)38-21-12-23-40(4)29-14-9-8-10-15-29/h8-10,14-15,17-20,31,39H,5-7,11-13,16,21-24,26H2,1-4H3,(H,37,43)(H,38,44)/b35-30-. The molecule has 0 saturated carbocycles. The molecule has 1 unspecified atom stereocenters. The zero-order valence-corrected chi connectivity index (χ0v) is 28.5. The van der Waals surface area contributed by atoms with Crippen molar-refractivity contribution in [2.75, 3.05) is 69.6 Å². The molecule has 0 aliphatic carbocycles. The molecule has 248 valence electrons. The van der Waals surface area contributed by atoms with Gasteiger partial charge in [0.05, 0.1) is 0 Å². The molecule has 1 fully saturated rings. The van der Waals surface area contributed by atoms with Gasteiger partial charge >= 0.3 is 0 Å². The Bertz CT molecular complexity index is 1340. The summed E-state index contributed by atoms with van der Waals surface area (Å²) in [5.74, 6) is -0.491. The van der Waals surface area contributed by atoms with E-state index in [2.05, 4.69) is 39.6 Å². The summed E-state index contributed by atoms with van der Waals surface area (Å²) in [7, 11) is 2.00. The van der Waals surface area contributed by atoms with Crippen molar-refractivity contribution in [3.8, 4) is 6.07 Å². The van der Waals surface area contributed by atoms with Gasteiger partial charge in [0, 0.05) is 64.1 Å². The van der Waals surface area contributed by atoms with E-state index in [-0.39, 0.29) is 17.4 Å². The SMILES string of the molecule is CCN(CC)CCNC(=O)CCCc1ccc(NCC2S/C(=C(/C#N)C(=O)NCCCN(C)c3ccccc3)N(CC)C2=O)cc1. The topological polar surface area (TPSA) is 121 Å². The fraction of sp³-hybridized carbons (Fsp3) is 0.486. The first-order valence-corrected chi connectivity index (χ1v) is 17.2. The minimum Gasteiger partial charge on any atom is -0.383 e. The van der Waals surface area contributed by atoms with Gasteiger partial charge in [-0.05, 0) is 69.1 Å². The summed E-state index contributed by atoms with van der Waals surface area (Å²) in [4.78, 5) is 44.2. The van der Waals surface area contributed by atoms with Crippen molar-refractivity contribution in [2.24, 2.45) is 0 Å².